The van der Waals surface area contributed by atoms with Crippen molar-refractivity contribution in [3.8, 4) is 0 Å². The second-order valence-electron chi connectivity index (χ2n) is 4.30. The zero-order valence-corrected chi connectivity index (χ0v) is 11.5. The first-order chi connectivity index (χ1) is 10.4. The third kappa shape index (κ3) is 5.35. The first-order valence-corrected chi connectivity index (χ1v) is 6.35. The number of carbonyl (C=O) groups is 2. The fraction of sp³-hybridized carbons (Fsp3) is 0.125. The van der Waals surface area contributed by atoms with Gasteiger partial charge in [-0.2, -0.15) is 0 Å². The van der Waals surface area contributed by atoms with Gasteiger partial charge in [-0.1, -0.05) is 60.7 Å². The van der Waals surface area contributed by atoms with E-state index in [0.29, 0.717) is 11.1 Å². The average Bonchev–Trinajstić information content (AvgIpc) is 2.55. The molecule has 0 amide bonds. The molecular weight excluding hydrogens is 288 g/mol. The van der Waals surface area contributed by atoms with E-state index in [0.717, 1.165) is 0 Å². The summed E-state index contributed by atoms with van der Waals surface area (Å²) in [5, 5.41) is 34.8. The van der Waals surface area contributed by atoms with Gasteiger partial charge in [0, 0.05) is 0 Å². The van der Waals surface area contributed by atoms with Gasteiger partial charge in [0.25, 0.3) is 0 Å². The number of carboxylic acids is 2. The lowest BCUT2D eigenvalue weighted by Crippen LogP contribution is -2.09. The Hall–Kier alpha value is -2.70. The molecule has 0 saturated carbocycles. The van der Waals surface area contributed by atoms with Crippen molar-refractivity contribution in [2.24, 2.45) is 0 Å². The molecule has 6 nitrogen and oxygen atoms in total. The van der Waals surface area contributed by atoms with Crippen molar-refractivity contribution in [1.82, 2.24) is 0 Å². The van der Waals surface area contributed by atoms with Crippen LogP contribution in [0, 0.1) is 0 Å². The Kier molecular flexibility index (Phi) is 6.75. The maximum absolute atomic E-state index is 10.2. The Morgan fingerprint density at radius 2 is 0.909 bits per heavy atom. The lowest BCUT2D eigenvalue weighted by molar-refractivity contribution is -0.147. The van der Waals surface area contributed by atoms with E-state index in [9.17, 15) is 9.59 Å². The van der Waals surface area contributed by atoms with E-state index in [-0.39, 0.29) is 0 Å². The third-order valence-corrected chi connectivity index (χ3v) is 2.70. The van der Waals surface area contributed by atoms with E-state index in [1.54, 1.807) is 60.7 Å². The van der Waals surface area contributed by atoms with Crippen LogP contribution in [0.2, 0.25) is 0 Å². The van der Waals surface area contributed by atoms with E-state index in [1.807, 2.05) is 0 Å². The van der Waals surface area contributed by atoms with Gasteiger partial charge in [0.1, 0.15) is 0 Å². The molecule has 2 rings (SSSR count). The van der Waals surface area contributed by atoms with Crippen LogP contribution in [0.4, 0.5) is 0 Å². The second kappa shape index (κ2) is 8.56. The molecule has 0 aliphatic heterocycles. The van der Waals surface area contributed by atoms with E-state index in [4.69, 9.17) is 20.4 Å². The molecule has 6 heteroatoms. The molecule has 0 aromatic heterocycles. The van der Waals surface area contributed by atoms with Crippen molar-refractivity contribution in [3.05, 3.63) is 71.8 Å². The van der Waals surface area contributed by atoms with E-state index >= 15 is 0 Å². The third-order valence-electron chi connectivity index (χ3n) is 2.70. The van der Waals surface area contributed by atoms with E-state index < -0.39 is 24.1 Å². The molecule has 0 heterocycles. The highest BCUT2D eigenvalue weighted by atomic mass is 16.4. The smallest absolute Gasteiger partial charge is 0.337 e. The first kappa shape index (κ1) is 17.4. The molecule has 22 heavy (non-hydrogen) atoms. The van der Waals surface area contributed by atoms with Crippen LogP contribution in [0.5, 0.6) is 0 Å². The summed E-state index contributed by atoms with van der Waals surface area (Å²) >= 11 is 0. The molecule has 0 aliphatic carbocycles. The molecule has 116 valence electrons. The summed E-state index contributed by atoms with van der Waals surface area (Å²) in [5.74, 6) is -2.45. The molecule has 4 N–H and O–H groups in total. The van der Waals surface area contributed by atoms with Crippen LogP contribution >= 0.6 is 0 Å². The Balaban J connectivity index is 0.000000220. The number of hydrogen-bond donors (Lipinski definition) is 4. The summed E-state index contributed by atoms with van der Waals surface area (Å²) in [4.78, 5) is 20.5. The normalized spacial score (nSPS) is 12.5. The van der Waals surface area contributed by atoms with Gasteiger partial charge >= 0.3 is 11.9 Å². The van der Waals surface area contributed by atoms with Gasteiger partial charge in [0.15, 0.2) is 12.2 Å². The van der Waals surface area contributed by atoms with Gasteiger partial charge in [-0.15, -0.1) is 0 Å². The van der Waals surface area contributed by atoms with Crippen LogP contribution in [0.15, 0.2) is 60.7 Å². The predicted molar refractivity (Wildman–Crippen MR) is 78.1 cm³/mol. The summed E-state index contributed by atoms with van der Waals surface area (Å²) < 4.78 is 0. The van der Waals surface area contributed by atoms with E-state index in [2.05, 4.69) is 0 Å². The number of aliphatic carboxylic acids is 2. The maximum atomic E-state index is 10.2. The molecule has 0 fully saturated rings. The van der Waals surface area contributed by atoms with Gasteiger partial charge in [0.05, 0.1) is 0 Å². The van der Waals surface area contributed by atoms with Crippen molar-refractivity contribution in [1.29, 1.82) is 0 Å². The standard InChI is InChI=1S/2C8H8O3/c2*9-7(8(10)11)6-4-2-1-3-5-6/h2*1-5,7,9H,(H,10,11)/t2*7-/m00/s1. The Bertz CT molecular complexity index is 541. The Morgan fingerprint density at radius 3 is 1.14 bits per heavy atom. The van der Waals surface area contributed by atoms with Gasteiger partial charge in [-0.05, 0) is 11.1 Å². The summed E-state index contributed by atoms with van der Waals surface area (Å²) in [6.07, 6.45) is -2.81. The van der Waals surface area contributed by atoms with Gasteiger partial charge < -0.3 is 20.4 Å². The Labute approximate surface area is 126 Å². The molecule has 2 aromatic rings. The fourth-order valence-corrected chi connectivity index (χ4v) is 1.56. The highest BCUT2D eigenvalue weighted by Crippen LogP contribution is 2.11. The summed E-state index contributed by atoms with van der Waals surface area (Å²) in [7, 11) is 0. The molecule has 2 atom stereocenters. The molecular formula is C16H16O6. The van der Waals surface area contributed by atoms with Crippen LogP contribution in [-0.4, -0.2) is 32.4 Å². The van der Waals surface area contributed by atoms with Gasteiger partial charge in [-0.3, -0.25) is 0 Å². The first-order valence-electron chi connectivity index (χ1n) is 6.35. The zero-order valence-electron chi connectivity index (χ0n) is 11.5. The molecule has 0 bridgehead atoms. The SMILES string of the molecule is O=C(O)[C@@H](O)c1ccccc1.O=C(O)[C@@H](O)c1ccccc1. The molecule has 0 saturated heterocycles. The summed E-state index contributed by atoms with van der Waals surface area (Å²) in [6.45, 7) is 0. The molecule has 0 unspecified atom stereocenters. The zero-order chi connectivity index (χ0) is 16.5. The van der Waals surface area contributed by atoms with Gasteiger partial charge in [0.2, 0.25) is 0 Å². The van der Waals surface area contributed by atoms with Gasteiger partial charge in [-0.25, -0.2) is 9.59 Å². The quantitative estimate of drug-likeness (QED) is 0.682. The predicted octanol–water partition coefficient (Wildman–Crippen LogP) is 1.61. The fourth-order valence-electron chi connectivity index (χ4n) is 1.56. The number of hydrogen-bond acceptors (Lipinski definition) is 4. The minimum Gasteiger partial charge on any atom is -0.479 e. The van der Waals surface area contributed by atoms with Crippen LogP contribution in [-0.2, 0) is 9.59 Å². The van der Waals surface area contributed by atoms with Crippen molar-refractivity contribution < 1.29 is 30.0 Å². The van der Waals surface area contributed by atoms with Crippen molar-refractivity contribution >= 4 is 11.9 Å². The van der Waals surface area contributed by atoms with Crippen LogP contribution < -0.4 is 0 Å². The summed E-state index contributed by atoms with van der Waals surface area (Å²) in [6, 6.07) is 16.5. The number of rotatable bonds is 4. The molecule has 0 aliphatic rings. The molecule has 0 radical (unpaired) electrons. The lowest BCUT2D eigenvalue weighted by atomic mass is 10.1. The van der Waals surface area contributed by atoms with E-state index in [1.165, 1.54) is 0 Å². The number of carboxylic acid groups (broad SMARTS) is 2. The van der Waals surface area contributed by atoms with Crippen LogP contribution in [0.25, 0.3) is 0 Å². The van der Waals surface area contributed by atoms with Crippen molar-refractivity contribution in [2.45, 2.75) is 12.2 Å². The monoisotopic (exact) mass is 304 g/mol. The molecule has 0 spiro atoms. The van der Waals surface area contributed by atoms with Crippen LogP contribution in [0.1, 0.15) is 23.3 Å². The highest BCUT2D eigenvalue weighted by Gasteiger charge is 2.14. The van der Waals surface area contributed by atoms with Crippen molar-refractivity contribution in [2.75, 3.05) is 0 Å². The highest BCUT2D eigenvalue weighted by molar-refractivity contribution is 5.74. The largest absolute Gasteiger partial charge is 0.479 e. The van der Waals surface area contributed by atoms with Crippen molar-refractivity contribution in [3.63, 3.8) is 0 Å². The van der Waals surface area contributed by atoms with Crippen LogP contribution in [0.3, 0.4) is 0 Å². The maximum Gasteiger partial charge on any atom is 0.337 e. The minimum atomic E-state index is -1.41. The Morgan fingerprint density at radius 1 is 0.636 bits per heavy atom. The molecule has 2 aromatic carbocycles. The average molecular weight is 304 g/mol. The number of aliphatic hydroxyl groups is 2. The lowest BCUT2D eigenvalue weighted by Gasteiger charge is -2.03. The number of aliphatic hydroxyl groups excluding tert-OH is 2. The summed E-state index contributed by atoms with van der Waals surface area (Å²) in [5.41, 5.74) is 0.806. The minimum absolute atomic E-state index is 0.403. The second-order valence-corrected chi connectivity index (χ2v) is 4.30. The number of benzene rings is 2. The topological polar surface area (TPSA) is 115 Å².